The fourth-order valence-electron chi connectivity index (χ4n) is 1.51. The highest BCUT2D eigenvalue weighted by Gasteiger charge is 2.14. The molecule has 1 aromatic rings. The second kappa shape index (κ2) is 3.25. The summed E-state index contributed by atoms with van der Waals surface area (Å²) in [6.45, 7) is 2.87. The fraction of sp³-hybridized carbons (Fsp3) is 0.444. The van der Waals surface area contributed by atoms with Gasteiger partial charge in [0.25, 0.3) is 5.56 Å². The molecule has 0 aromatic carbocycles. The summed E-state index contributed by atoms with van der Waals surface area (Å²) < 4.78 is 2.18. The van der Waals surface area contributed by atoms with Crippen molar-refractivity contribution in [2.45, 2.75) is 13.8 Å². The maximum atomic E-state index is 11.5. The van der Waals surface area contributed by atoms with Crippen LogP contribution >= 0.6 is 0 Å². The molecule has 5 heteroatoms. The van der Waals surface area contributed by atoms with Gasteiger partial charge in [0.05, 0.1) is 5.69 Å². The van der Waals surface area contributed by atoms with Crippen molar-refractivity contribution in [1.82, 2.24) is 9.13 Å². The Bertz CT molecular complexity index is 471. The number of Topliss-reactive ketones (excluding diaryl/α,β-unsaturated/α-hetero) is 1. The van der Waals surface area contributed by atoms with Crippen LogP contribution in [0.4, 0.5) is 0 Å². The summed E-state index contributed by atoms with van der Waals surface area (Å²) in [4.78, 5) is 34.1. The molecule has 0 spiro atoms. The van der Waals surface area contributed by atoms with E-state index in [9.17, 15) is 14.4 Å². The lowest BCUT2D eigenvalue weighted by atomic mass is 10.2. The van der Waals surface area contributed by atoms with Crippen LogP contribution in [-0.4, -0.2) is 14.9 Å². The third-order valence-corrected chi connectivity index (χ3v) is 2.22. The van der Waals surface area contributed by atoms with Gasteiger partial charge in [-0.2, -0.15) is 0 Å². The Morgan fingerprint density at radius 3 is 2.07 bits per heavy atom. The third-order valence-electron chi connectivity index (χ3n) is 2.22. The summed E-state index contributed by atoms with van der Waals surface area (Å²) in [6.07, 6.45) is 0. The van der Waals surface area contributed by atoms with Crippen molar-refractivity contribution < 1.29 is 4.79 Å². The van der Waals surface area contributed by atoms with Crippen LogP contribution in [0.25, 0.3) is 0 Å². The Kier molecular flexibility index (Phi) is 2.42. The van der Waals surface area contributed by atoms with E-state index >= 15 is 0 Å². The van der Waals surface area contributed by atoms with E-state index in [1.54, 1.807) is 6.92 Å². The predicted molar refractivity (Wildman–Crippen MR) is 51.7 cm³/mol. The van der Waals surface area contributed by atoms with Crippen LogP contribution in [0.5, 0.6) is 0 Å². The Balaban J connectivity index is 3.88. The predicted octanol–water partition coefficient (Wildman–Crippen LogP) is -0.405. The molecule has 0 fully saturated rings. The normalized spacial score (nSPS) is 10.3. The van der Waals surface area contributed by atoms with Gasteiger partial charge in [-0.15, -0.1) is 0 Å². The molecule has 0 bridgehead atoms. The molecular formula is C9H12N2O3. The molecule has 1 heterocycles. The maximum absolute atomic E-state index is 11.5. The highest BCUT2D eigenvalue weighted by atomic mass is 16.2. The second-order valence-electron chi connectivity index (χ2n) is 3.24. The molecule has 0 aliphatic heterocycles. The average Bonchev–Trinajstić information content (AvgIpc) is 2.11. The van der Waals surface area contributed by atoms with Crippen LogP contribution in [0.3, 0.4) is 0 Å². The highest BCUT2D eigenvalue weighted by molar-refractivity contribution is 5.93. The van der Waals surface area contributed by atoms with Gasteiger partial charge in [-0.3, -0.25) is 18.7 Å². The van der Waals surface area contributed by atoms with Crippen LogP contribution in [-0.2, 0) is 14.1 Å². The zero-order valence-corrected chi connectivity index (χ0v) is 8.62. The molecule has 0 saturated carbocycles. The molecule has 0 unspecified atom stereocenters. The first-order valence-electron chi connectivity index (χ1n) is 4.15. The standard InChI is InChI=1S/C9H12N2O3/c1-5-7(6(2)12)10(3)9(14)11(4)8(5)13/h1-4H3. The second-order valence-corrected chi connectivity index (χ2v) is 3.24. The summed E-state index contributed by atoms with van der Waals surface area (Å²) in [7, 11) is 2.87. The SMILES string of the molecule is CC(=O)c1c(C)c(=O)n(C)c(=O)n1C. The van der Waals surface area contributed by atoms with E-state index in [1.807, 2.05) is 0 Å². The first-order valence-corrected chi connectivity index (χ1v) is 4.15. The Morgan fingerprint density at radius 1 is 1.14 bits per heavy atom. The number of nitrogens with zero attached hydrogens (tertiary/aromatic N) is 2. The number of ketones is 1. The summed E-state index contributed by atoms with van der Waals surface area (Å²) in [5.74, 6) is -0.278. The van der Waals surface area contributed by atoms with Crippen LogP contribution in [0.1, 0.15) is 23.0 Å². The van der Waals surface area contributed by atoms with Crippen molar-refractivity contribution in [3.63, 3.8) is 0 Å². The highest BCUT2D eigenvalue weighted by Crippen LogP contribution is 1.99. The van der Waals surface area contributed by atoms with E-state index in [0.29, 0.717) is 5.56 Å². The minimum absolute atomic E-state index is 0.179. The molecule has 76 valence electrons. The molecule has 0 amide bonds. The molecule has 0 N–H and O–H groups in total. The maximum Gasteiger partial charge on any atom is 0.331 e. The Morgan fingerprint density at radius 2 is 1.64 bits per heavy atom. The van der Waals surface area contributed by atoms with Crippen molar-refractivity contribution in [1.29, 1.82) is 0 Å². The van der Waals surface area contributed by atoms with E-state index < -0.39 is 11.2 Å². The molecule has 0 atom stereocenters. The molecule has 0 radical (unpaired) electrons. The van der Waals surface area contributed by atoms with Gasteiger partial charge in [-0.25, -0.2) is 4.79 Å². The minimum atomic E-state index is -0.481. The third kappa shape index (κ3) is 1.30. The van der Waals surface area contributed by atoms with Crippen molar-refractivity contribution in [3.8, 4) is 0 Å². The molecule has 14 heavy (non-hydrogen) atoms. The van der Waals surface area contributed by atoms with Crippen molar-refractivity contribution in [2.24, 2.45) is 14.1 Å². The first kappa shape index (κ1) is 10.4. The lowest BCUT2D eigenvalue weighted by Crippen LogP contribution is -2.41. The van der Waals surface area contributed by atoms with E-state index in [-0.39, 0.29) is 11.5 Å². The zero-order valence-electron chi connectivity index (χ0n) is 8.62. The van der Waals surface area contributed by atoms with Gasteiger partial charge in [0.15, 0.2) is 5.78 Å². The zero-order chi connectivity index (χ0) is 11.0. The van der Waals surface area contributed by atoms with Crippen molar-refractivity contribution >= 4 is 5.78 Å². The van der Waals surface area contributed by atoms with Gasteiger partial charge in [0, 0.05) is 26.6 Å². The molecule has 5 nitrogen and oxygen atoms in total. The average molecular weight is 196 g/mol. The van der Waals surface area contributed by atoms with Gasteiger partial charge in [0.2, 0.25) is 0 Å². The topological polar surface area (TPSA) is 61.1 Å². The van der Waals surface area contributed by atoms with E-state index in [4.69, 9.17) is 0 Å². The Hall–Kier alpha value is -1.65. The number of carbonyl (C=O) groups is 1. The van der Waals surface area contributed by atoms with Gasteiger partial charge in [0.1, 0.15) is 0 Å². The summed E-state index contributed by atoms with van der Waals surface area (Å²) in [5, 5.41) is 0. The number of hydrogen-bond acceptors (Lipinski definition) is 3. The number of rotatable bonds is 1. The lowest BCUT2D eigenvalue weighted by molar-refractivity contribution is 0.100. The van der Waals surface area contributed by atoms with E-state index in [0.717, 1.165) is 4.57 Å². The molecule has 0 aliphatic carbocycles. The summed E-state index contributed by atoms with van der Waals surface area (Å²) >= 11 is 0. The molecule has 0 saturated heterocycles. The van der Waals surface area contributed by atoms with Gasteiger partial charge >= 0.3 is 5.69 Å². The molecule has 0 aliphatic rings. The summed E-state index contributed by atoms with van der Waals surface area (Å²) in [6, 6.07) is 0. The van der Waals surface area contributed by atoms with E-state index in [2.05, 4.69) is 0 Å². The van der Waals surface area contributed by atoms with Crippen LogP contribution < -0.4 is 11.2 Å². The van der Waals surface area contributed by atoms with Gasteiger partial charge in [-0.1, -0.05) is 0 Å². The fourth-order valence-corrected chi connectivity index (χ4v) is 1.51. The molecular weight excluding hydrogens is 184 g/mol. The van der Waals surface area contributed by atoms with Crippen LogP contribution in [0.15, 0.2) is 9.59 Å². The smallest absolute Gasteiger partial charge is 0.293 e. The Labute approximate surface area is 80.6 Å². The van der Waals surface area contributed by atoms with Crippen molar-refractivity contribution in [3.05, 3.63) is 32.1 Å². The van der Waals surface area contributed by atoms with Crippen LogP contribution in [0.2, 0.25) is 0 Å². The molecule has 1 aromatic heterocycles. The van der Waals surface area contributed by atoms with Gasteiger partial charge in [-0.05, 0) is 6.92 Å². The lowest BCUT2D eigenvalue weighted by Gasteiger charge is -2.09. The van der Waals surface area contributed by atoms with Gasteiger partial charge < -0.3 is 0 Å². The van der Waals surface area contributed by atoms with Crippen LogP contribution in [0, 0.1) is 6.92 Å². The first-order chi connectivity index (χ1) is 6.37. The monoisotopic (exact) mass is 196 g/mol. The quantitative estimate of drug-likeness (QED) is 0.574. The largest absolute Gasteiger partial charge is 0.331 e. The number of carbonyl (C=O) groups excluding carboxylic acids is 1. The number of aromatic nitrogens is 2. The summed E-state index contributed by atoms with van der Waals surface area (Å²) in [5.41, 5.74) is -0.413. The van der Waals surface area contributed by atoms with Crippen molar-refractivity contribution in [2.75, 3.05) is 0 Å². The minimum Gasteiger partial charge on any atom is -0.293 e. The van der Waals surface area contributed by atoms with E-state index in [1.165, 1.54) is 25.6 Å². The molecule has 1 rings (SSSR count). The number of hydrogen-bond donors (Lipinski definition) is 0.